The molecule has 4 amide bonds. The van der Waals surface area contributed by atoms with Crippen LogP contribution in [0.1, 0.15) is 34.7 Å². The van der Waals surface area contributed by atoms with E-state index >= 15 is 0 Å². The molecule has 1 fully saturated rings. The molecular formula is C29H27BrN2O5. The van der Waals surface area contributed by atoms with Gasteiger partial charge in [0.25, 0.3) is 11.8 Å². The van der Waals surface area contributed by atoms with Crippen molar-refractivity contribution >= 4 is 45.5 Å². The number of halogens is 1. The standard InChI is InChI=1S/C29H27BrN2O5/c1-5-36-25-15-21(14-23(30)26(25)37-16-20-10-6-8-17(2)12-20)13-22-27(33)31-29(35)32(28(22)34)24-11-7-9-18(3)19(24)4/h6-15H,5,16H2,1-4H3,(H,31,33,35)/b22-13+. The molecule has 1 aliphatic heterocycles. The third-order valence-electron chi connectivity index (χ3n) is 6.03. The second-order valence-corrected chi connectivity index (χ2v) is 9.57. The number of ether oxygens (including phenoxy) is 2. The highest BCUT2D eigenvalue weighted by molar-refractivity contribution is 9.10. The van der Waals surface area contributed by atoms with Crippen molar-refractivity contribution in [3.05, 3.63) is 92.5 Å². The third-order valence-corrected chi connectivity index (χ3v) is 6.62. The number of urea groups is 1. The molecule has 37 heavy (non-hydrogen) atoms. The van der Waals surface area contributed by atoms with Gasteiger partial charge in [-0.15, -0.1) is 0 Å². The number of carbonyl (C=O) groups is 3. The SMILES string of the molecule is CCOc1cc(/C=C2\C(=O)NC(=O)N(c3cccc(C)c3C)C2=O)cc(Br)c1OCc1cccc(C)c1. The summed E-state index contributed by atoms with van der Waals surface area (Å²) >= 11 is 3.54. The molecule has 8 heteroatoms. The van der Waals surface area contributed by atoms with Crippen molar-refractivity contribution in [1.82, 2.24) is 5.32 Å². The van der Waals surface area contributed by atoms with Crippen LogP contribution in [-0.2, 0) is 16.2 Å². The molecule has 0 saturated carbocycles. The number of carbonyl (C=O) groups excluding carboxylic acids is 3. The maximum Gasteiger partial charge on any atom is 0.335 e. The average Bonchev–Trinajstić information content (AvgIpc) is 2.84. The van der Waals surface area contributed by atoms with Gasteiger partial charge in [-0.2, -0.15) is 0 Å². The zero-order chi connectivity index (χ0) is 26.7. The van der Waals surface area contributed by atoms with Gasteiger partial charge in [0.05, 0.1) is 16.8 Å². The van der Waals surface area contributed by atoms with Crippen LogP contribution in [-0.4, -0.2) is 24.5 Å². The highest BCUT2D eigenvalue weighted by atomic mass is 79.9. The van der Waals surface area contributed by atoms with Crippen molar-refractivity contribution in [1.29, 1.82) is 0 Å². The lowest BCUT2D eigenvalue weighted by Gasteiger charge is -2.28. The van der Waals surface area contributed by atoms with E-state index in [1.165, 1.54) is 6.08 Å². The van der Waals surface area contributed by atoms with E-state index in [1.807, 2.05) is 58.0 Å². The number of aryl methyl sites for hydroxylation is 2. The number of nitrogens with zero attached hydrogens (tertiary/aromatic N) is 1. The molecule has 0 radical (unpaired) electrons. The number of nitrogens with one attached hydrogen (secondary N) is 1. The maximum atomic E-state index is 13.4. The van der Waals surface area contributed by atoms with Gasteiger partial charge in [0, 0.05) is 0 Å². The summed E-state index contributed by atoms with van der Waals surface area (Å²) in [5.74, 6) is -0.485. The Labute approximate surface area is 224 Å². The fourth-order valence-corrected chi connectivity index (χ4v) is 4.63. The minimum absolute atomic E-state index is 0.164. The first-order valence-corrected chi connectivity index (χ1v) is 12.6. The first-order chi connectivity index (χ1) is 17.7. The fraction of sp³-hybridized carbons (Fsp3) is 0.207. The Balaban J connectivity index is 1.68. The van der Waals surface area contributed by atoms with Gasteiger partial charge in [0.2, 0.25) is 0 Å². The Kier molecular flexibility index (Phi) is 7.78. The summed E-state index contributed by atoms with van der Waals surface area (Å²) < 4.78 is 12.5. The normalized spacial score (nSPS) is 14.7. The number of anilines is 1. The third kappa shape index (κ3) is 5.59. The number of barbiturate groups is 1. The van der Waals surface area contributed by atoms with E-state index in [2.05, 4.69) is 21.2 Å². The van der Waals surface area contributed by atoms with Crippen LogP contribution in [0.3, 0.4) is 0 Å². The first-order valence-electron chi connectivity index (χ1n) is 11.8. The van der Waals surface area contributed by atoms with Crippen LogP contribution in [0, 0.1) is 20.8 Å². The molecule has 0 unspecified atom stereocenters. The lowest BCUT2D eigenvalue weighted by Crippen LogP contribution is -2.54. The molecule has 4 rings (SSSR count). The Morgan fingerprint density at radius 1 is 0.973 bits per heavy atom. The Bertz CT molecular complexity index is 1430. The average molecular weight is 563 g/mol. The van der Waals surface area contributed by atoms with E-state index in [4.69, 9.17) is 9.47 Å². The van der Waals surface area contributed by atoms with Gasteiger partial charge in [0.1, 0.15) is 12.2 Å². The van der Waals surface area contributed by atoms with Gasteiger partial charge in [-0.1, -0.05) is 42.0 Å². The topological polar surface area (TPSA) is 84.9 Å². The van der Waals surface area contributed by atoms with Crippen molar-refractivity contribution < 1.29 is 23.9 Å². The first kappa shape index (κ1) is 26.2. The fourth-order valence-electron chi connectivity index (χ4n) is 4.05. The molecule has 0 spiro atoms. The molecule has 0 aliphatic carbocycles. The van der Waals surface area contributed by atoms with Gasteiger partial charge in [-0.05, 0) is 90.2 Å². The number of hydrogen-bond acceptors (Lipinski definition) is 5. The molecule has 0 bridgehead atoms. The Hall–Kier alpha value is -3.91. The molecule has 0 atom stereocenters. The van der Waals surface area contributed by atoms with Gasteiger partial charge in [-0.3, -0.25) is 14.9 Å². The van der Waals surface area contributed by atoms with Crippen molar-refractivity contribution in [3.8, 4) is 11.5 Å². The van der Waals surface area contributed by atoms with Crippen LogP contribution in [0.5, 0.6) is 11.5 Å². The van der Waals surface area contributed by atoms with Crippen LogP contribution in [0.2, 0.25) is 0 Å². The van der Waals surface area contributed by atoms with Crippen molar-refractivity contribution in [2.45, 2.75) is 34.3 Å². The van der Waals surface area contributed by atoms with Crippen LogP contribution >= 0.6 is 15.9 Å². The minimum atomic E-state index is -0.781. The van der Waals surface area contributed by atoms with Crippen LogP contribution < -0.4 is 19.7 Å². The van der Waals surface area contributed by atoms with E-state index in [1.54, 1.807) is 24.3 Å². The van der Waals surface area contributed by atoms with E-state index < -0.39 is 17.8 Å². The molecule has 0 aromatic heterocycles. The summed E-state index contributed by atoms with van der Waals surface area (Å²) in [6.45, 7) is 8.32. The van der Waals surface area contributed by atoms with Gasteiger partial charge in [0.15, 0.2) is 11.5 Å². The predicted octanol–water partition coefficient (Wildman–Crippen LogP) is 6.02. The lowest BCUT2D eigenvalue weighted by atomic mass is 10.0. The largest absolute Gasteiger partial charge is 0.490 e. The van der Waals surface area contributed by atoms with Crippen molar-refractivity contribution in [3.63, 3.8) is 0 Å². The molecule has 3 aromatic rings. The quantitative estimate of drug-likeness (QED) is 0.281. The highest BCUT2D eigenvalue weighted by Crippen LogP contribution is 2.38. The van der Waals surface area contributed by atoms with Crippen molar-refractivity contribution in [2.24, 2.45) is 0 Å². The second-order valence-electron chi connectivity index (χ2n) is 8.72. The minimum Gasteiger partial charge on any atom is -0.490 e. The van der Waals surface area contributed by atoms with E-state index in [0.717, 1.165) is 27.2 Å². The smallest absolute Gasteiger partial charge is 0.335 e. The predicted molar refractivity (Wildman–Crippen MR) is 146 cm³/mol. The van der Waals surface area contributed by atoms with Gasteiger partial charge < -0.3 is 9.47 Å². The molecule has 3 aromatic carbocycles. The van der Waals surface area contributed by atoms with E-state index in [0.29, 0.717) is 40.4 Å². The number of imide groups is 2. The summed E-state index contributed by atoms with van der Waals surface area (Å²) in [5.41, 5.74) is 4.65. The summed E-state index contributed by atoms with van der Waals surface area (Å²) in [5, 5.41) is 2.28. The van der Waals surface area contributed by atoms with Crippen molar-refractivity contribution in [2.75, 3.05) is 11.5 Å². The molecule has 1 N–H and O–H groups in total. The van der Waals surface area contributed by atoms with Crippen LogP contribution in [0.4, 0.5) is 10.5 Å². The second kappa shape index (κ2) is 11.0. The molecule has 190 valence electrons. The molecule has 1 heterocycles. The molecule has 1 saturated heterocycles. The zero-order valence-corrected chi connectivity index (χ0v) is 22.6. The molecule has 7 nitrogen and oxygen atoms in total. The van der Waals surface area contributed by atoms with Gasteiger partial charge >= 0.3 is 6.03 Å². The van der Waals surface area contributed by atoms with Crippen LogP contribution in [0.25, 0.3) is 6.08 Å². The summed E-state index contributed by atoms with van der Waals surface area (Å²) in [6, 6.07) is 16.0. The van der Waals surface area contributed by atoms with E-state index in [-0.39, 0.29) is 5.57 Å². The monoisotopic (exact) mass is 562 g/mol. The number of benzene rings is 3. The lowest BCUT2D eigenvalue weighted by molar-refractivity contribution is -0.122. The Morgan fingerprint density at radius 3 is 2.46 bits per heavy atom. The maximum absolute atomic E-state index is 13.4. The zero-order valence-electron chi connectivity index (χ0n) is 21.1. The van der Waals surface area contributed by atoms with Gasteiger partial charge in [-0.25, -0.2) is 9.69 Å². The number of hydrogen-bond donors (Lipinski definition) is 1. The summed E-state index contributed by atoms with van der Waals surface area (Å²) in [4.78, 5) is 39.7. The molecule has 1 aliphatic rings. The number of rotatable bonds is 7. The Morgan fingerprint density at radius 2 is 1.73 bits per heavy atom. The van der Waals surface area contributed by atoms with Crippen LogP contribution in [0.15, 0.2) is 64.6 Å². The summed E-state index contributed by atoms with van der Waals surface area (Å²) in [6.07, 6.45) is 1.44. The number of amides is 4. The summed E-state index contributed by atoms with van der Waals surface area (Å²) in [7, 11) is 0. The molecular weight excluding hydrogens is 536 g/mol. The highest BCUT2D eigenvalue weighted by Gasteiger charge is 2.37. The van der Waals surface area contributed by atoms with E-state index in [9.17, 15) is 14.4 Å².